The molecule has 2 aromatic rings. The van der Waals surface area contributed by atoms with Crippen LogP contribution in [0.1, 0.15) is 5.82 Å². The number of anilines is 1. The predicted molar refractivity (Wildman–Crippen MR) is 75.0 cm³/mol. The topological polar surface area (TPSA) is 144 Å². The minimum absolute atomic E-state index is 0.131. The van der Waals surface area contributed by atoms with E-state index in [2.05, 4.69) is 14.7 Å². The van der Waals surface area contributed by atoms with Crippen LogP contribution >= 0.6 is 0 Å². The van der Waals surface area contributed by atoms with E-state index in [0.717, 1.165) is 18.2 Å². The van der Waals surface area contributed by atoms with Gasteiger partial charge in [-0.15, -0.1) is 0 Å². The van der Waals surface area contributed by atoms with Gasteiger partial charge in [0.25, 0.3) is 5.69 Å². The van der Waals surface area contributed by atoms with Gasteiger partial charge in [-0.25, -0.2) is 18.1 Å². The van der Waals surface area contributed by atoms with E-state index in [4.69, 9.17) is 5.73 Å². The SMILES string of the molecule is Nc1cc([N+](=O)[O-])ccc1S(=O)(=O)NCCc1ncc[nH]1. The fourth-order valence-electron chi connectivity index (χ4n) is 1.71. The number of hydrogen-bond acceptors (Lipinski definition) is 6. The van der Waals surface area contributed by atoms with Crippen molar-refractivity contribution < 1.29 is 13.3 Å². The molecule has 0 aliphatic carbocycles. The molecule has 1 aromatic carbocycles. The van der Waals surface area contributed by atoms with Crippen molar-refractivity contribution in [1.82, 2.24) is 14.7 Å². The Morgan fingerprint density at radius 1 is 1.43 bits per heavy atom. The summed E-state index contributed by atoms with van der Waals surface area (Å²) in [7, 11) is -3.83. The maximum absolute atomic E-state index is 12.1. The molecular weight excluding hydrogens is 298 g/mol. The smallest absolute Gasteiger partial charge is 0.271 e. The number of nitrogens with zero attached hydrogens (tertiary/aromatic N) is 2. The van der Waals surface area contributed by atoms with Crippen LogP contribution < -0.4 is 10.5 Å². The number of imidazole rings is 1. The maximum Gasteiger partial charge on any atom is 0.271 e. The number of nitrogen functional groups attached to an aromatic ring is 1. The third-order valence-electron chi connectivity index (χ3n) is 2.70. The number of nitrogens with one attached hydrogen (secondary N) is 2. The number of nitro groups is 1. The molecule has 1 heterocycles. The van der Waals surface area contributed by atoms with Crippen LogP contribution in [0.4, 0.5) is 11.4 Å². The highest BCUT2D eigenvalue weighted by Gasteiger charge is 2.19. The Labute approximate surface area is 120 Å². The van der Waals surface area contributed by atoms with Crippen molar-refractivity contribution in [2.75, 3.05) is 12.3 Å². The van der Waals surface area contributed by atoms with Crippen LogP contribution in [-0.4, -0.2) is 29.9 Å². The first-order valence-corrected chi connectivity index (χ1v) is 7.40. The lowest BCUT2D eigenvalue weighted by atomic mass is 10.3. The third-order valence-corrected chi connectivity index (χ3v) is 4.24. The number of hydrogen-bond donors (Lipinski definition) is 3. The second-order valence-corrected chi connectivity index (χ2v) is 5.90. The molecule has 0 atom stereocenters. The normalized spacial score (nSPS) is 11.4. The summed E-state index contributed by atoms with van der Waals surface area (Å²) >= 11 is 0. The van der Waals surface area contributed by atoms with Crippen molar-refractivity contribution in [1.29, 1.82) is 0 Å². The van der Waals surface area contributed by atoms with Crippen LogP contribution in [0.25, 0.3) is 0 Å². The van der Waals surface area contributed by atoms with Gasteiger partial charge in [-0.1, -0.05) is 0 Å². The Morgan fingerprint density at radius 3 is 2.76 bits per heavy atom. The van der Waals surface area contributed by atoms with Gasteiger partial charge in [0.2, 0.25) is 10.0 Å². The molecule has 0 aliphatic rings. The number of non-ortho nitro benzene ring substituents is 1. The van der Waals surface area contributed by atoms with Gasteiger partial charge in [0.15, 0.2) is 0 Å². The summed E-state index contributed by atoms with van der Waals surface area (Å²) in [5.41, 5.74) is 5.14. The zero-order chi connectivity index (χ0) is 15.5. The summed E-state index contributed by atoms with van der Waals surface area (Å²) in [6.45, 7) is 0.131. The molecule has 0 amide bonds. The van der Waals surface area contributed by atoms with Crippen molar-refractivity contribution in [3.8, 4) is 0 Å². The third kappa shape index (κ3) is 3.55. The van der Waals surface area contributed by atoms with Gasteiger partial charge in [-0.2, -0.15) is 0 Å². The second-order valence-electron chi connectivity index (χ2n) is 4.16. The van der Waals surface area contributed by atoms with Gasteiger partial charge in [0.1, 0.15) is 10.7 Å². The van der Waals surface area contributed by atoms with Gasteiger partial charge >= 0.3 is 0 Å². The molecule has 0 bridgehead atoms. The van der Waals surface area contributed by atoms with E-state index in [1.807, 2.05) is 0 Å². The van der Waals surface area contributed by atoms with E-state index in [1.54, 1.807) is 12.4 Å². The Bertz CT molecular complexity index is 742. The van der Waals surface area contributed by atoms with Crippen molar-refractivity contribution in [2.24, 2.45) is 0 Å². The van der Waals surface area contributed by atoms with Gasteiger partial charge in [-0.05, 0) is 6.07 Å². The number of H-pyrrole nitrogens is 1. The largest absolute Gasteiger partial charge is 0.397 e. The molecular formula is C11H13N5O4S. The Balaban J connectivity index is 2.10. The zero-order valence-corrected chi connectivity index (χ0v) is 11.6. The van der Waals surface area contributed by atoms with E-state index in [9.17, 15) is 18.5 Å². The van der Waals surface area contributed by atoms with E-state index in [0.29, 0.717) is 12.2 Å². The molecule has 0 saturated heterocycles. The molecule has 0 fully saturated rings. The summed E-state index contributed by atoms with van der Waals surface area (Å²) in [6.07, 6.45) is 3.59. The van der Waals surface area contributed by atoms with Gasteiger partial charge in [-0.3, -0.25) is 10.1 Å². The predicted octanol–water partition coefficient (Wildman–Crippen LogP) is 0.421. The number of aromatic nitrogens is 2. The maximum atomic E-state index is 12.1. The van der Waals surface area contributed by atoms with Crippen LogP contribution in [0, 0.1) is 10.1 Å². The summed E-state index contributed by atoms with van der Waals surface area (Å²) in [6, 6.07) is 3.22. The molecule has 0 aliphatic heterocycles. The molecule has 0 spiro atoms. The fourth-order valence-corrected chi connectivity index (χ4v) is 2.85. The lowest BCUT2D eigenvalue weighted by molar-refractivity contribution is -0.384. The molecule has 9 nitrogen and oxygen atoms in total. The average molecular weight is 311 g/mol. The molecule has 112 valence electrons. The highest BCUT2D eigenvalue weighted by Crippen LogP contribution is 2.23. The first-order chi connectivity index (χ1) is 9.90. The van der Waals surface area contributed by atoms with Crippen molar-refractivity contribution in [2.45, 2.75) is 11.3 Å². The van der Waals surface area contributed by atoms with E-state index < -0.39 is 14.9 Å². The number of aromatic amines is 1. The Kier molecular flexibility index (Phi) is 4.19. The van der Waals surface area contributed by atoms with Crippen molar-refractivity contribution in [3.05, 3.63) is 46.5 Å². The first kappa shape index (κ1) is 14.9. The minimum Gasteiger partial charge on any atom is -0.397 e. The number of rotatable bonds is 6. The molecule has 10 heteroatoms. The molecule has 4 N–H and O–H groups in total. The Hall–Kier alpha value is -2.46. The molecule has 0 unspecified atom stereocenters. The van der Waals surface area contributed by atoms with Gasteiger partial charge < -0.3 is 10.7 Å². The monoisotopic (exact) mass is 311 g/mol. The van der Waals surface area contributed by atoms with Crippen LogP contribution in [-0.2, 0) is 16.4 Å². The summed E-state index contributed by atoms with van der Waals surface area (Å²) in [5, 5.41) is 10.6. The quantitative estimate of drug-likeness (QED) is 0.400. The molecule has 0 saturated carbocycles. The fraction of sp³-hybridized carbons (Fsp3) is 0.182. The lowest BCUT2D eigenvalue weighted by Crippen LogP contribution is -2.27. The minimum atomic E-state index is -3.83. The molecule has 21 heavy (non-hydrogen) atoms. The highest BCUT2D eigenvalue weighted by atomic mass is 32.2. The number of nitro benzene ring substituents is 1. The van der Waals surface area contributed by atoms with Crippen molar-refractivity contribution >= 4 is 21.4 Å². The number of benzene rings is 1. The summed E-state index contributed by atoms with van der Waals surface area (Å²) in [5.74, 6) is 0.648. The molecule has 0 radical (unpaired) electrons. The van der Waals surface area contributed by atoms with E-state index in [1.165, 1.54) is 0 Å². The summed E-state index contributed by atoms with van der Waals surface area (Å²) in [4.78, 5) is 16.6. The Morgan fingerprint density at radius 2 is 2.19 bits per heavy atom. The summed E-state index contributed by atoms with van der Waals surface area (Å²) < 4.78 is 26.5. The van der Waals surface area contributed by atoms with Crippen molar-refractivity contribution in [3.63, 3.8) is 0 Å². The van der Waals surface area contributed by atoms with Gasteiger partial charge in [0.05, 0.1) is 10.6 Å². The number of nitrogens with two attached hydrogens (primary N) is 1. The van der Waals surface area contributed by atoms with Crippen LogP contribution in [0.5, 0.6) is 0 Å². The van der Waals surface area contributed by atoms with Crippen LogP contribution in [0.2, 0.25) is 0 Å². The standard InChI is InChI=1S/C11H13N5O4S/c12-9-7-8(16(17)18)1-2-10(9)21(19,20)15-4-3-11-13-5-6-14-11/h1-2,5-7,15H,3-4,12H2,(H,13,14). The molecule has 2 rings (SSSR count). The van der Waals surface area contributed by atoms with Gasteiger partial charge in [0, 0.05) is 37.5 Å². The van der Waals surface area contributed by atoms with E-state index in [-0.39, 0.29) is 22.8 Å². The average Bonchev–Trinajstić information content (AvgIpc) is 2.91. The second kappa shape index (κ2) is 5.89. The van der Waals surface area contributed by atoms with E-state index >= 15 is 0 Å². The lowest BCUT2D eigenvalue weighted by Gasteiger charge is -2.08. The van der Waals surface area contributed by atoms with Crippen LogP contribution in [0.15, 0.2) is 35.5 Å². The number of sulfonamides is 1. The zero-order valence-electron chi connectivity index (χ0n) is 10.8. The molecule has 1 aromatic heterocycles. The first-order valence-electron chi connectivity index (χ1n) is 5.92. The van der Waals surface area contributed by atoms with Crippen LogP contribution in [0.3, 0.4) is 0 Å². The highest BCUT2D eigenvalue weighted by molar-refractivity contribution is 7.89.